The van der Waals surface area contributed by atoms with Gasteiger partial charge in [-0.3, -0.25) is 0 Å². The Balaban J connectivity index is 2.14. The second-order valence-electron chi connectivity index (χ2n) is 3.66. The lowest BCUT2D eigenvalue weighted by Gasteiger charge is -2.10. The van der Waals surface area contributed by atoms with Crippen LogP contribution >= 0.6 is 11.6 Å². The fourth-order valence-corrected chi connectivity index (χ4v) is 1.56. The van der Waals surface area contributed by atoms with E-state index >= 15 is 0 Å². The largest absolute Gasteiger partial charge is 0.472 e. The first-order valence-electron chi connectivity index (χ1n) is 5.24. The highest BCUT2D eigenvalue weighted by Gasteiger charge is 2.35. The van der Waals surface area contributed by atoms with Gasteiger partial charge in [-0.25, -0.2) is 0 Å². The lowest BCUT2D eigenvalue weighted by atomic mass is 10.2. The molecule has 0 aliphatic heterocycles. The summed E-state index contributed by atoms with van der Waals surface area (Å²) in [7, 11) is 0. The lowest BCUT2D eigenvalue weighted by Crippen LogP contribution is -2.09. The molecule has 2 aromatic rings. The zero-order valence-corrected chi connectivity index (χ0v) is 10.2. The number of alkyl halides is 3. The zero-order valence-electron chi connectivity index (χ0n) is 9.49. The molecule has 0 saturated carbocycles. The van der Waals surface area contributed by atoms with Crippen molar-refractivity contribution in [3.63, 3.8) is 0 Å². The fourth-order valence-electron chi connectivity index (χ4n) is 1.36. The first-order valence-corrected chi connectivity index (χ1v) is 5.62. The van der Waals surface area contributed by atoms with Gasteiger partial charge in [0.1, 0.15) is 12.2 Å². The molecular formula is C12H8ClF3N2O. The van der Waals surface area contributed by atoms with E-state index in [1.165, 1.54) is 0 Å². The van der Waals surface area contributed by atoms with Gasteiger partial charge in [0.2, 0.25) is 5.88 Å². The smallest absolute Gasteiger partial charge is 0.419 e. The molecule has 0 bridgehead atoms. The monoisotopic (exact) mass is 288 g/mol. The van der Waals surface area contributed by atoms with Gasteiger partial charge in [0.25, 0.3) is 0 Å². The number of hydrogen-bond donors (Lipinski definition) is 0. The molecule has 1 heterocycles. The molecule has 0 saturated heterocycles. The number of nitrogens with zero attached hydrogens (tertiary/aromatic N) is 2. The predicted molar refractivity (Wildman–Crippen MR) is 62.8 cm³/mol. The molecule has 7 heteroatoms. The minimum atomic E-state index is -4.59. The molecule has 1 aromatic carbocycles. The van der Waals surface area contributed by atoms with Crippen LogP contribution in [0.1, 0.15) is 11.1 Å². The van der Waals surface area contributed by atoms with E-state index in [1.807, 2.05) is 6.07 Å². The number of benzene rings is 1. The van der Waals surface area contributed by atoms with Crippen LogP contribution in [0.15, 0.2) is 36.4 Å². The molecule has 19 heavy (non-hydrogen) atoms. The van der Waals surface area contributed by atoms with Crippen LogP contribution in [-0.4, -0.2) is 10.2 Å². The topological polar surface area (TPSA) is 35.0 Å². The second-order valence-corrected chi connectivity index (χ2v) is 4.02. The molecule has 2 rings (SSSR count). The van der Waals surface area contributed by atoms with E-state index < -0.39 is 16.9 Å². The van der Waals surface area contributed by atoms with Crippen LogP contribution in [-0.2, 0) is 12.8 Å². The van der Waals surface area contributed by atoms with Gasteiger partial charge in [-0.1, -0.05) is 41.9 Å². The molecule has 0 fully saturated rings. The molecule has 0 aliphatic carbocycles. The summed E-state index contributed by atoms with van der Waals surface area (Å²) in [5.41, 5.74) is -0.250. The van der Waals surface area contributed by atoms with Gasteiger partial charge in [0.05, 0.1) is 0 Å². The third-order valence-corrected chi connectivity index (χ3v) is 2.54. The molecule has 0 unspecified atom stereocenters. The molecule has 100 valence electrons. The van der Waals surface area contributed by atoms with Crippen molar-refractivity contribution in [3.8, 4) is 5.88 Å². The number of hydrogen-bond acceptors (Lipinski definition) is 3. The van der Waals surface area contributed by atoms with Gasteiger partial charge in [0.15, 0.2) is 5.15 Å². The molecule has 1 aromatic heterocycles. The molecule has 3 nitrogen and oxygen atoms in total. The minimum absolute atomic E-state index is 0.106. The van der Waals surface area contributed by atoms with Crippen LogP contribution < -0.4 is 4.74 Å². The van der Waals surface area contributed by atoms with E-state index in [-0.39, 0.29) is 12.5 Å². The van der Waals surface area contributed by atoms with Crippen LogP contribution in [0.4, 0.5) is 13.2 Å². The average Bonchev–Trinajstić information content (AvgIpc) is 2.37. The van der Waals surface area contributed by atoms with Crippen molar-refractivity contribution in [2.45, 2.75) is 12.8 Å². The van der Waals surface area contributed by atoms with Crippen LogP contribution in [0.25, 0.3) is 0 Å². The van der Waals surface area contributed by atoms with Gasteiger partial charge >= 0.3 is 6.18 Å². The van der Waals surface area contributed by atoms with Crippen molar-refractivity contribution >= 4 is 11.6 Å². The van der Waals surface area contributed by atoms with Crippen LogP contribution in [0, 0.1) is 0 Å². The third-order valence-electron chi connectivity index (χ3n) is 2.26. The molecule has 0 atom stereocenters. The number of aromatic nitrogens is 2. The SMILES string of the molecule is FC(F)(F)c1cc(OCc2ccccc2)nnc1Cl. The van der Waals surface area contributed by atoms with Gasteiger partial charge in [-0.05, 0) is 5.56 Å². The van der Waals surface area contributed by atoms with Gasteiger partial charge < -0.3 is 4.74 Å². The highest BCUT2D eigenvalue weighted by molar-refractivity contribution is 6.30. The Bertz CT molecular complexity index is 561. The maximum absolute atomic E-state index is 12.6. The van der Waals surface area contributed by atoms with Crippen molar-refractivity contribution in [3.05, 3.63) is 52.7 Å². The van der Waals surface area contributed by atoms with E-state index in [4.69, 9.17) is 16.3 Å². The van der Waals surface area contributed by atoms with Crippen molar-refractivity contribution in [1.82, 2.24) is 10.2 Å². The summed E-state index contributed by atoms with van der Waals surface area (Å²) in [6, 6.07) is 9.73. The summed E-state index contributed by atoms with van der Waals surface area (Å²) in [4.78, 5) is 0. The van der Waals surface area contributed by atoms with E-state index in [0.29, 0.717) is 0 Å². The second kappa shape index (κ2) is 5.44. The fraction of sp³-hybridized carbons (Fsp3) is 0.167. The Hall–Kier alpha value is -1.82. The lowest BCUT2D eigenvalue weighted by molar-refractivity contribution is -0.138. The van der Waals surface area contributed by atoms with Crippen LogP contribution in [0.2, 0.25) is 5.15 Å². The van der Waals surface area contributed by atoms with E-state index in [0.717, 1.165) is 11.6 Å². The van der Waals surface area contributed by atoms with Crippen molar-refractivity contribution in [1.29, 1.82) is 0 Å². The first-order chi connectivity index (χ1) is 8.97. The van der Waals surface area contributed by atoms with Crippen LogP contribution in [0.5, 0.6) is 5.88 Å². The Morgan fingerprint density at radius 2 is 1.79 bits per heavy atom. The predicted octanol–water partition coefficient (Wildman–Crippen LogP) is 3.73. The standard InChI is InChI=1S/C12H8ClF3N2O/c13-11-9(12(14,15)16)6-10(17-18-11)19-7-8-4-2-1-3-5-8/h1-6H,7H2. The Morgan fingerprint density at radius 3 is 2.42 bits per heavy atom. The first kappa shape index (κ1) is 13.6. The highest BCUT2D eigenvalue weighted by atomic mass is 35.5. The molecule has 0 amide bonds. The Morgan fingerprint density at radius 1 is 1.11 bits per heavy atom. The van der Waals surface area contributed by atoms with Crippen molar-refractivity contribution < 1.29 is 17.9 Å². The summed E-state index contributed by atoms with van der Waals surface area (Å²) in [5, 5.41) is 6.00. The van der Waals surface area contributed by atoms with Gasteiger partial charge in [-0.2, -0.15) is 13.2 Å². The molecule has 0 radical (unpaired) electrons. The summed E-state index contributed by atoms with van der Waals surface area (Å²) >= 11 is 5.35. The number of ether oxygens (including phenoxy) is 1. The summed E-state index contributed by atoms with van der Waals surface area (Å²) in [6.45, 7) is 0.106. The summed E-state index contributed by atoms with van der Waals surface area (Å²) in [5.74, 6) is -0.222. The molecular weight excluding hydrogens is 281 g/mol. The maximum atomic E-state index is 12.6. The van der Waals surface area contributed by atoms with E-state index in [2.05, 4.69) is 10.2 Å². The summed E-state index contributed by atoms with van der Waals surface area (Å²) < 4.78 is 42.9. The van der Waals surface area contributed by atoms with Gasteiger partial charge in [0, 0.05) is 6.07 Å². The Labute approximate surface area is 112 Å². The van der Waals surface area contributed by atoms with Crippen LogP contribution in [0.3, 0.4) is 0 Å². The van der Waals surface area contributed by atoms with Crippen molar-refractivity contribution in [2.24, 2.45) is 0 Å². The minimum Gasteiger partial charge on any atom is -0.472 e. The maximum Gasteiger partial charge on any atom is 0.419 e. The van der Waals surface area contributed by atoms with Gasteiger partial charge in [-0.15, -0.1) is 10.2 Å². The Kier molecular flexibility index (Phi) is 3.90. The molecule has 0 N–H and O–H groups in total. The average molecular weight is 289 g/mol. The third kappa shape index (κ3) is 3.57. The number of halogens is 4. The van der Waals surface area contributed by atoms with Crippen molar-refractivity contribution in [2.75, 3.05) is 0 Å². The highest BCUT2D eigenvalue weighted by Crippen LogP contribution is 2.34. The van der Waals surface area contributed by atoms with E-state index in [9.17, 15) is 13.2 Å². The molecule has 0 spiro atoms. The quantitative estimate of drug-likeness (QED) is 0.863. The van der Waals surface area contributed by atoms with E-state index in [1.54, 1.807) is 24.3 Å². The zero-order chi connectivity index (χ0) is 13.9. The number of rotatable bonds is 3. The molecule has 0 aliphatic rings. The normalized spacial score (nSPS) is 11.4. The summed E-state index contributed by atoms with van der Waals surface area (Å²) in [6.07, 6.45) is -4.59.